The van der Waals surface area contributed by atoms with Gasteiger partial charge in [-0.1, -0.05) is 65.5 Å². The van der Waals surface area contributed by atoms with Gasteiger partial charge in [0.05, 0.1) is 6.10 Å². The maximum Gasteiger partial charge on any atom is 0.143 e. The van der Waals surface area contributed by atoms with Gasteiger partial charge in [0.2, 0.25) is 0 Å². The highest BCUT2D eigenvalue weighted by molar-refractivity contribution is 5.25. The second-order valence-corrected chi connectivity index (χ2v) is 12.5. The van der Waals surface area contributed by atoms with E-state index in [2.05, 4.69) is 40.7 Å². The first kappa shape index (κ1) is 22.8. The maximum atomic E-state index is 9.21. The van der Waals surface area contributed by atoms with Crippen LogP contribution in [-0.4, -0.2) is 18.0 Å². The van der Waals surface area contributed by atoms with E-state index in [1.54, 1.807) is 5.57 Å². The molecule has 3 saturated carbocycles. The predicted molar refractivity (Wildman–Crippen MR) is 125 cm³/mol. The van der Waals surface area contributed by atoms with Gasteiger partial charge in [-0.25, -0.2) is 0 Å². The Balaban J connectivity index is 1.47. The van der Waals surface area contributed by atoms with Crippen molar-refractivity contribution >= 4 is 0 Å². The van der Waals surface area contributed by atoms with Crippen LogP contribution in [0.25, 0.3) is 0 Å². The normalized spacial score (nSPS) is 44.2. The van der Waals surface area contributed by atoms with Crippen LogP contribution in [0.2, 0.25) is 0 Å². The van der Waals surface area contributed by atoms with Crippen molar-refractivity contribution in [2.45, 2.75) is 111 Å². The van der Waals surface area contributed by atoms with Crippen LogP contribution < -0.4 is 0 Å². The second-order valence-electron chi connectivity index (χ2n) is 12.5. The number of allylic oxidation sites excluding steroid dienone is 1. The van der Waals surface area contributed by atoms with Gasteiger partial charge in [-0.2, -0.15) is 0 Å². The lowest BCUT2D eigenvalue weighted by molar-refractivity contribution is -0.0875. The molecule has 1 N–H and O–H groups in total. The van der Waals surface area contributed by atoms with Crippen LogP contribution in [0.4, 0.5) is 0 Å². The molecule has 0 heterocycles. The molecule has 0 aliphatic heterocycles. The van der Waals surface area contributed by atoms with Crippen molar-refractivity contribution in [3.05, 3.63) is 11.6 Å². The van der Waals surface area contributed by atoms with E-state index in [1.165, 1.54) is 57.8 Å². The van der Waals surface area contributed by atoms with Gasteiger partial charge in [0, 0.05) is 0 Å². The second kappa shape index (κ2) is 8.89. The van der Waals surface area contributed by atoms with Crippen molar-refractivity contribution in [1.82, 2.24) is 0 Å². The standard InChI is InChI=1S/C28H48O2/c1-19(2)7-6-8-20(3)24-11-12-25-23-10-9-21-17-22(30-18-29)13-15-27(21,4)26(23)14-16-28(24,25)5/h9,19-20,22-26,29H,6-8,10-18H2,1-5H3. The van der Waals surface area contributed by atoms with Gasteiger partial charge in [-0.3, -0.25) is 0 Å². The number of rotatable bonds is 7. The van der Waals surface area contributed by atoms with E-state index >= 15 is 0 Å². The van der Waals surface area contributed by atoms with E-state index in [4.69, 9.17) is 4.74 Å². The summed E-state index contributed by atoms with van der Waals surface area (Å²) in [5.74, 6) is 5.41. The highest BCUT2D eigenvalue weighted by Crippen LogP contribution is 2.67. The fraction of sp³-hybridized carbons (Fsp3) is 0.929. The van der Waals surface area contributed by atoms with Crippen LogP contribution >= 0.6 is 0 Å². The molecule has 0 saturated heterocycles. The van der Waals surface area contributed by atoms with Crippen molar-refractivity contribution in [3.63, 3.8) is 0 Å². The molecule has 3 fully saturated rings. The summed E-state index contributed by atoms with van der Waals surface area (Å²) in [6.45, 7) is 12.5. The fourth-order valence-electron chi connectivity index (χ4n) is 8.90. The van der Waals surface area contributed by atoms with Crippen molar-refractivity contribution in [3.8, 4) is 0 Å². The fourth-order valence-corrected chi connectivity index (χ4v) is 8.90. The summed E-state index contributed by atoms with van der Waals surface area (Å²) >= 11 is 0. The zero-order chi connectivity index (χ0) is 21.5. The Morgan fingerprint density at radius 2 is 1.83 bits per heavy atom. The van der Waals surface area contributed by atoms with E-state index in [-0.39, 0.29) is 12.9 Å². The molecule has 0 spiro atoms. The lowest BCUT2D eigenvalue weighted by atomic mass is 9.47. The first-order valence-corrected chi connectivity index (χ1v) is 13.2. The van der Waals surface area contributed by atoms with Crippen LogP contribution in [-0.2, 0) is 4.74 Å². The largest absolute Gasteiger partial charge is 0.371 e. The highest BCUT2D eigenvalue weighted by atomic mass is 16.6. The van der Waals surface area contributed by atoms with Gasteiger partial charge in [-0.15, -0.1) is 0 Å². The molecule has 2 heteroatoms. The van der Waals surface area contributed by atoms with Gasteiger partial charge in [-0.05, 0) is 97.7 Å². The Morgan fingerprint density at radius 3 is 2.57 bits per heavy atom. The molecule has 30 heavy (non-hydrogen) atoms. The number of ether oxygens (including phenoxy) is 1. The molecule has 2 nitrogen and oxygen atoms in total. The Bertz CT molecular complexity index is 624. The number of fused-ring (bicyclic) bond motifs is 5. The molecule has 0 bridgehead atoms. The average Bonchev–Trinajstić information content (AvgIpc) is 3.05. The molecule has 8 unspecified atom stereocenters. The number of hydrogen-bond acceptors (Lipinski definition) is 2. The Morgan fingerprint density at radius 1 is 1.03 bits per heavy atom. The Hall–Kier alpha value is -0.340. The molecule has 4 rings (SSSR count). The van der Waals surface area contributed by atoms with Crippen LogP contribution in [0.1, 0.15) is 105 Å². The summed E-state index contributed by atoms with van der Waals surface area (Å²) in [7, 11) is 0. The zero-order valence-corrected chi connectivity index (χ0v) is 20.5. The molecule has 172 valence electrons. The highest BCUT2D eigenvalue weighted by Gasteiger charge is 2.59. The Labute approximate surface area is 186 Å². The molecule has 0 amide bonds. The summed E-state index contributed by atoms with van der Waals surface area (Å²) in [5, 5.41) is 9.21. The monoisotopic (exact) mass is 416 g/mol. The third kappa shape index (κ3) is 3.94. The first-order chi connectivity index (χ1) is 14.3. The minimum Gasteiger partial charge on any atom is -0.371 e. The average molecular weight is 417 g/mol. The van der Waals surface area contributed by atoms with E-state index in [0.29, 0.717) is 10.8 Å². The van der Waals surface area contributed by atoms with Gasteiger partial charge < -0.3 is 9.84 Å². The summed E-state index contributed by atoms with van der Waals surface area (Å²) < 4.78 is 5.60. The van der Waals surface area contributed by atoms with E-state index in [9.17, 15) is 5.11 Å². The first-order valence-electron chi connectivity index (χ1n) is 13.2. The third-order valence-corrected chi connectivity index (χ3v) is 10.6. The quantitative estimate of drug-likeness (QED) is 0.347. The molecule has 0 aromatic rings. The molecular formula is C28H48O2. The number of aliphatic hydroxyl groups excluding tert-OH is 1. The lowest BCUT2D eigenvalue weighted by Gasteiger charge is -2.58. The number of aliphatic hydroxyl groups is 1. The summed E-state index contributed by atoms with van der Waals surface area (Å²) in [5.41, 5.74) is 2.63. The minimum absolute atomic E-state index is 0.127. The van der Waals surface area contributed by atoms with Gasteiger partial charge in [0.1, 0.15) is 6.79 Å². The van der Waals surface area contributed by atoms with Crippen LogP contribution in [0.5, 0.6) is 0 Å². The topological polar surface area (TPSA) is 29.5 Å². The Kier molecular flexibility index (Phi) is 6.77. The van der Waals surface area contributed by atoms with Crippen LogP contribution in [0.15, 0.2) is 11.6 Å². The van der Waals surface area contributed by atoms with Crippen molar-refractivity contribution in [2.75, 3.05) is 6.79 Å². The molecular weight excluding hydrogens is 368 g/mol. The summed E-state index contributed by atoms with van der Waals surface area (Å²) in [6.07, 6.45) is 17.7. The molecule has 0 aromatic carbocycles. The van der Waals surface area contributed by atoms with Crippen molar-refractivity contribution < 1.29 is 9.84 Å². The minimum atomic E-state index is -0.127. The predicted octanol–water partition coefficient (Wildman–Crippen LogP) is 7.36. The van der Waals surface area contributed by atoms with E-state index in [0.717, 1.165) is 48.3 Å². The molecule has 4 aliphatic carbocycles. The van der Waals surface area contributed by atoms with Gasteiger partial charge >= 0.3 is 0 Å². The van der Waals surface area contributed by atoms with Gasteiger partial charge in [0.15, 0.2) is 0 Å². The third-order valence-electron chi connectivity index (χ3n) is 10.6. The number of hydrogen-bond donors (Lipinski definition) is 1. The smallest absolute Gasteiger partial charge is 0.143 e. The molecule has 0 aromatic heterocycles. The summed E-state index contributed by atoms with van der Waals surface area (Å²) in [4.78, 5) is 0. The van der Waals surface area contributed by atoms with Gasteiger partial charge in [0.25, 0.3) is 0 Å². The maximum absolute atomic E-state index is 9.21. The van der Waals surface area contributed by atoms with Crippen molar-refractivity contribution in [1.29, 1.82) is 0 Å². The SMILES string of the molecule is CC(C)CCCC(C)C1CCC2C3CC=C4CC(OCO)CCC4(C)C3CCC12C. The molecule has 0 radical (unpaired) electrons. The molecule has 4 aliphatic rings. The van der Waals surface area contributed by atoms with Crippen LogP contribution in [0.3, 0.4) is 0 Å². The van der Waals surface area contributed by atoms with E-state index < -0.39 is 0 Å². The zero-order valence-electron chi connectivity index (χ0n) is 20.5. The molecule has 8 atom stereocenters. The van der Waals surface area contributed by atoms with E-state index in [1.807, 2.05) is 0 Å². The summed E-state index contributed by atoms with van der Waals surface area (Å²) in [6, 6.07) is 0. The lowest BCUT2D eigenvalue weighted by Crippen LogP contribution is -2.51. The van der Waals surface area contributed by atoms with Crippen LogP contribution in [0, 0.1) is 46.3 Å². The van der Waals surface area contributed by atoms with Crippen molar-refractivity contribution in [2.24, 2.45) is 46.3 Å².